The summed E-state index contributed by atoms with van der Waals surface area (Å²) in [5.41, 5.74) is 2.15. The van der Waals surface area contributed by atoms with E-state index in [1.54, 1.807) is 12.1 Å². The molecule has 0 saturated heterocycles. The van der Waals surface area contributed by atoms with Crippen molar-refractivity contribution in [1.82, 2.24) is 19.7 Å². The standard InChI is InChI=1S/C35H48N8O2S/c1-26-15-9-10-20-30(26)39-35-41-33(40-34(42-35)37-25-27-16-7-6-8-17-27)36-23-11-4-5-12-24-38-46(44,45)32-22-14-18-28-29(32)19-13-21-31(28)43(2)3/h6-8,13-14,16-19,21-22,26,30,38H,4-5,9-12,15,20,23-25H2,1-3H3,(H3,36,37,39,40,41,42). The molecule has 4 N–H and O–H groups in total. The van der Waals surface area contributed by atoms with Crippen LogP contribution in [0.5, 0.6) is 0 Å². The minimum Gasteiger partial charge on any atom is -0.377 e. The number of hydrogen-bond acceptors (Lipinski definition) is 9. The molecule has 1 fully saturated rings. The number of fused-ring (bicyclic) bond motifs is 1. The van der Waals surface area contributed by atoms with Crippen LogP contribution in [0.25, 0.3) is 10.8 Å². The first kappa shape index (κ1) is 33.4. The summed E-state index contributed by atoms with van der Waals surface area (Å²) in [7, 11) is 0.298. The summed E-state index contributed by atoms with van der Waals surface area (Å²) in [6, 6.07) is 21.8. The van der Waals surface area contributed by atoms with Crippen molar-refractivity contribution in [1.29, 1.82) is 0 Å². The van der Waals surface area contributed by atoms with Gasteiger partial charge < -0.3 is 20.9 Å². The van der Waals surface area contributed by atoms with Gasteiger partial charge in [-0.15, -0.1) is 0 Å². The normalized spacial score (nSPS) is 16.7. The summed E-state index contributed by atoms with van der Waals surface area (Å²) in [5.74, 6) is 2.28. The average Bonchev–Trinajstić information content (AvgIpc) is 3.06. The van der Waals surface area contributed by atoms with Crippen LogP contribution in [-0.2, 0) is 16.6 Å². The van der Waals surface area contributed by atoms with Gasteiger partial charge in [-0.05, 0) is 49.3 Å². The molecule has 1 saturated carbocycles. The molecular weight excluding hydrogens is 597 g/mol. The summed E-state index contributed by atoms with van der Waals surface area (Å²) >= 11 is 0. The number of nitrogens with one attached hydrogen (secondary N) is 4. The largest absolute Gasteiger partial charge is 0.377 e. The van der Waals surface area contributed by atoms with E-state index in [0.717, 1.165) is 60.7 Å². The Kier molecular flexibility index (Phi) is 11.7. The first-order chi connectivity index (χ1) is 22.3. The fraction of sp³-hybridized carbons (Fsp3) is 0.457. The number of aromatic nitrogens is 3. The number of rotatable bonds is 16. The van der Waals surface area contributed by atoms with Crippen molar-refractivity contribution in [3.63, 3.8) is 0 Å². The highest BCUT2D eigenvalue weighted by atomic mass is 32.2. The zero-order chi connectivity index (χ0) is 32.4. The van der Waals surface area contributed by atoms with Gasteiger partial charge in [0, 0.05) is 56.2 Å². The van der Waals surface area contributed by atoms with Gasteiger partial charge >= 0.3 is 0 Å². The molecule has 0 aliphatic heterocycles. The summed E-state index contributed by atoms with van der Waals surface area (Å²) in [4.78, 5) is 16.3. The fourth-order valence-corrected chi connectivity index (χ4v) is 7.34. The predicted octanol–water partition coefficient (Wildman–Crippen LogP) is 6.64. The van der Waals surface area contributed by atoms with Crippen molar-refractivity contribution in [2.24, 2.45) is 5.92 Å². The van der Waals surface area contributed by atoms with Gasteiger partial charge in [0.25, 0.3) is 0 Å². The van der Waals surface area contributed by atoms with Crippen LogP contribution in [0.4, 0.5) is 23.5 Å². The molecule has 0 spiro atoms. The van der Waals surface area contributed by atoms with Crippen molar-refractivity contribution in [2.45, 2.75) is 75.8 Å². The van der Waals surface area contributed by atoms with Crippen molar-refractivity contribution in [3.05, 3.63) is 72.3 Å². The van der Waals surface area contributed by atoms with Crippen LogP contribution in [0.2, 0.25) is 0 Å². The molecule has 1 aliphatic rings. The molecule has 5 rings (SSSR count). The Morgan fingerprint density at radius 1 is 0.739 bits per heavy atom. The topological polar surface area (TPSA) is 124 Å². The van der Waals surface area contributed by atoms with E-state index in [0.29, 0.717) is 47.8 Å². The highest BCUT2D eigenvalue weighted by Crippen LogP contribution is 2.30. The Bertz CT molecular complexity index is 1670. The van der Waals surface area contributed by atoms with Gasteiger partial charge in [-0.2, -0.15) is 15.0 Å². The van der Waals surface area contributed by atoms with Crippen LogP contribution < -0.4 is 25.6 Å². The van der Waals surface area contributed by atoms with E-state index in [-0.39, 0.29) is 0 Å². The minimum absolute atomic E-state index is 0.319. The van der Waals surface area contributed by atoms with Gasteiger partial charge in [0.15, 0.2) is 0 Å². The number of nitrogens with zero attached hydrogens (tertiary/aromatic N) is 4. The van der Waals surface area contributed by atoms with Crippen LogP contribution in [0.1, 0.15) is 63.9 Å². The number of anilines is 4. The highest BCUT2D eigenvalue weighted by Gasteiger charge is 2.22. The average molecular weight is 645 g/mol. The van der Waals surface area contributed by atoms with Crippen LogP contribution in [0.3, 0.4) is 0 Å². The van der Waals surface area contributed by atoms with Gasteiger partial charge in [-0.1, -0.05) is 87.2 Å². The molecule has 1 aliphatic carbocycles. The third-order valence-corrected chi connectivity index (χ3v) is 10.2. The molecule has 1 aromatic heterocycles. The molecule has 0 bridgehead atoms. The van der Waals surface area contributed by atoms with Crippen LogP contribution in [0, 0.1) is 5.92 Å². The smallest absolute Gasteiger partial charge is 0.241 e. The lowest BCUT2D eigenvalue weighted by atomic mass is 9.86. The maximum absolute atomic E-state index is 13.2. The molecular formula is C35H48N8O2S. The highest BCUT2D eigenvalue weighted by molar-refractivity contribution is 7.89. The maximum Gasteiger partial charge on any atom is 0.241 e. The number of unbranched alkanes of at least 4 members (excludes halogenated alkanes) is 3. The Morgan fingerprint density at radius 2 is 1.41 bits per heavy atom. The molecule has 46 heavy (non-hydrogen) atoms. The van der Waals surface area contributed by atoms with Gasteiger partial charge in [0.2, 0.25) is 27.9 Å². The molecule has 1 heterocycles. The zero-order valence-corrected chi connectivity index (χ0v) is 28.1. The SMILES string of the molecule is CC1CCCCC1Nc1nc(NCCCCCCNS(=O)(=O)c2cccc3c(N(C)C)cccc23)nc(NCc2ccccc2)n1. The van der Waals surface area contributed by atoms with Gasteiger partial charge in [0.1, 0.15) is 0 Å². The minimum atomic E-state index is -3.62. The quantitative estimate of drug-likeness (QED) is 0.0994. The van der Waals surface area contributed by atoms with Crippen molar-refractivity contribution < 1.29 is 8.42 Å². The summed E-state index contributed by atoms with van der Waals surface area (Å²) < 4.78 is 29.2. The molecule has 11 heteroatoms. The zero-order valence-electron chi connectivity index (χ0n) is 27.3. The lowest BCUT2D eigenvalue weighted by Gasteiger charge is -2.29. The third kappa shape index (κ3) is 9.07. The van der Waals surface area contributed by atoms with Crippen molar-refractivity contribution >= 4 is 44.3 Å². The third-order valence-electron chi connectivity index (χ3n) is 8.66. The van der Waals surface area contributed by atoms with Crippen LogP contribution in [-0.4, -0.2) is 56.6 Å². The Hall–Kier alpha value is -3.96. The van der Waals surface area contributed by atoms with Crippen LogP contribution >= 0.6 is 0 Å². The Balaban J connectivity index is 1.10. The van der Waals surface area contributed by atoms with E-state index >= 15 is 0 Å². The second-order valence-corrected chi connectivity index (χ2v) is 14.2. The van der Waals surface area contributed by atoms with E-state index in [1.165, 1.54) is 19.3 Å². The lowest BCUT2D eigenvalue weighted by molar-refractivity contribution is 0.348. The lowest BCUT2D eigenvalue weighted by Crippen LogP contribution is -2.31. The number of benzene rings is 3. The van der Waals surface area contributed by atoms with E-state index in [9.17, 15) is 8.42 Å². The van der Waals surface area contributed by atoms with E-state index in [2.05, 4.69) is 49.7 Å². The number of sulfonamides is 1. The molecule has 0 amide bonds. The molecule has 2 atom stereocenters. The molecule has 246 valence electrons. The van der Waals surface area contributed by atoms with Gasteiger partial charge in [0.05, 0.1) is 4.90 Å². The maximum atomic E-state index is 13.2. The van der Waals surface area contributed by atoms with Crippen LogP contribution in [0.15, 0.2) is 71.6 Å². The van der Waals surface area contributed by atoms with Crippen molar-refractivity contribution in [2.75, 3.05) is 48.0 Å². The summed E-state index contributed by atoms with van der Waals surface area (Å²) in [6.07, 6.45) is 8.40. The van der Waals surface area contributed by atoms with Crippen molar-refractivity contribution in [3.8, 4) is 0 Å². The Morgan fingerprint density at radius 3 is 2.17 bits per heavy atom. The Labute approximate surface area is 273 Å². The molecule has 3 aromatic carbocycles. The number of hydrogen-bond donors (Lipinski definition) is 4. The van der Waals surface area contributed by atoms with Gasteiger partial charge in [-0.25, -0.2) is 13.1 Å². The molecule has 2 unspecified atom stereocenters. The molecule has 0 radical (unpaired) electrons. The summed E-state index contributed by atoms with van der Waals surface area (Å²) in [6.45, 7) is 4.04. The predicted molar refractivity (Wildman–Crippen MR) is 189 cm³/mol. The fourth-order valence-electron chi connectivity index (χ4n) is 6.05. The molecule has 4 aromatic rings. The second kappa shape index (κ2) is 16.0. The monoisotopic (exact) mass is 644 g/mol. The van der Waals surface area contributed by atoms with E-state index in [1.807, 2.05) is 61.5 Å². The second-order valence-electron chi connectivity index (χ2n) is 12.4. The van der Waals surface area contributed by atoms with Gasteiger partial charge in [-0.3, -0.25) is 0 Å². The van der Waals surface area contributed by atoms with E-state index in [4.69, 9.17) is 4.98 Å². The first-order valence-corrected chi connectivity index (χ1v) is 18.0. The summed E-state index contributed by atoms with van der Waals surface area (Å²) in [5, 5.41) is 12.0. The van der Waals surface area contributed by atoms with E-state index < -0.39 is 10.0 Å². The first-order valence-electron chi connectivity index (χ1n) is 16.5. The molecule has 10 nitrogen and oxygen atoms in total.